The van der Waals surface area contributed by atoms with Gasteiger partial charge >= 0.3 is 5.97 Å². The van der Waals surface area contributed by atoms with E-state index < -0.39 is 16.0 Å². The molecule has 2 rings (SSSR count). The number of hydrogen-bond acceptors (Lipinski definition) is 4. The fourth-order valence-electron chi connectivity index (χ4n) is 2.61. The first-order valence-electron chi connectivity index (χ1n) is 6.75. The first-order valence-corrected chi connectivity index (χ1v) is 9.05. The first kappa shape index (κ1) is 15.5. The number of hydrogen-bond donors (Lipinski definition) is 2. The number of carboxylic acid groups (broad SMARTS) is 1. The lowest BCUT2D eigenvalue weighted by Gasteiger charge is -2.27. The Morgan fingerprint density at radius 3 is 2.55 bits per heavy atom. The van der Waals surface area contributed by atoms with E-state index in [1.54, 1.807) is 0 Å². The van der Waals surface area contributed by atoms with Crippen molar-refractivity contribution in [2.24, 2.45) is 5.92 Å². The molecule has 1 aliphatic rings. The highest BCUT2D eigenvalue weighted by molar-refractivity contribution is 7.91. The van der Waals surface area contributed by atoms with E-state index in [-0.39, 0.29) is 15.1 Å². The Kier molecular flexibility index (Phi) is 4.82. The van der Waals surface area contributed by atoms with E-state index in [1.807, 2.05) is 6.92 Å². The Hall–Kier alpha value is -0.920. The van der Waals surface area contributed by atoms with E-state index >= 15 is 0 Å². The highest BCUT2D eigenvalue weighted by atomic mass is 32.2. The predicted molar refractivity (Wildman–Crippen MR) is 77.6 cm³/mol. The number of sulfonamides is 1. The Labute approximate surface area is 123 Å². The van der Waals surface area contributed by atoms with Crippen molar-refractivity contribution in [1.29, 1.82) is 0 Å². The molecule has 1 aliphatic carbocycles. The van der Waals surface area contributed by atoms with Crippen molar-refractivity contribution in [2.75, 3.05) is 0 Å². The van der Waals surface area contributed by atoms with Crippen LogP contribution >= 0.6 is 11.3 Å². The van der Waals surface area contributed by atoms with Crippen LogP contribution in [0, 0.1) is 5.92 Å². The largest absolute Gasteiger partial charge is 0.477 e. The predicted octanol–water partition coefficient (Wildman–Crippen LogP) is 2.69. The third kappa shape index (κ3) is 3.59. The molecule has 0 radical (unpaired) electrons. The van der Waals surface area contributed by atoms with Crippen LogP contribution in [0.4, 0.5) is 0 Å². The van der Waals surface area contributed by atoms with E-state index in [9.17, 15) is 13.2 Å². The van der Waals surface area contributed by atoms with Gasteiger partial charge in [0.05, 0.1) is 0 Å². The van der Waals surface area contributed by atoms with Crippen molar-refractivity contribution in [1.82, 2.24) is 4.72 Å². The minimum atomic E-state index is -3.62. The molecular formula is C13H19NO4S2. The lowest BCUT2D eigenvalue weighted by molar-refractivity contribution is 0.0702. The van der Waals surface area contributed by atoms with Crippen LogP contribution in [0.15, 0.2) is 16.3 Å². The molecule has 1 saturated carbocycles. The molecule has 5 nitrogen and oxygen atoms in total. The summed E-state index contributed by atoms with van der Waals surface area (Å²) in [4.78, 5) is 10.8. The van der Waals surface area contributed by atoms with Crippen molar-refractivity contribution in [3.05, 3.63) is 17.0 Å². The van der Waals surface area contributed by atoms with E-state index in [2.05, 4.69) is 4.72 Å². The number of carbonyl (C=O) groups is 1. The highest BCUT2D eigenvalue weighted by Gasteiger charge is 2.26. The van der Waals surface area contributed by atoms with Crippen molar-refractivity contribution >= 4 is 27.3 Å². The SMILES string of the molecule is C[C@@H](NS(=O)(=O)c1ccc(C(=O)O)s1)C1CCCCC1. The number of rotatable bonds is 5. The average Bonchev–Trinajstić information content (AvgIpc) is 2.90. The van der Waals surface area contributed by atoms with Crippen LogP contribution in [0.2, 0.25) is 0 Å². The molecule has 7 heteroatoms. The molecule has 112 valence electrons. The Bertz CT molecular complexity index is 573. The average molecular weight is 317 g/mol. The fraction of sp³-hybridized carbons (Fsp3) is 0.615. The van der Waals surface area contributed by atoms with Gasteiger partial charge in [0, 0.05) is 6.04 Å². The van der Waals surface area contributed by atoms with Crippen LogP contribution in [0.5, 0.6) is 0 Å². The minimum Gasteiger partial charge on any atom is -0.477 e. The van der Waals surface area contributed by atoms with Crippen LogP contribution in [0.25, 0.3) is 0 Å². The molecule has 0 saturated heterocycles. The van der Waals surface area contributed by atoms with Crippen LogP contribution in [-0.4, -0.2) is 25.5 Å². The summed E-state index contributed by atoms with van der Waals surface area (Å²) in [5, 5.41) is 8.84. The zero-order valence-corrected chi connectivity index (χ0v) is 13.0. The summed E-state index contributed by atoms with van der Waals surface area (Å²) in [6.07, 6.45) is 5.63. The Morgan fingerprint density at radius 2 is 2.00 bits per heavy atom. The molecule has 0 aliphatic heterocycles. The summed E-state index contributed by atoms with van der Waals surface area (Å²) in [6, 6.07) is 2.56. The van der Waals surface area contributed by atoms with Crippen LogP contribution in [0.3, 0.4) is 0 Å². The fourth-order valence-corrected chi connectivity index (χ4v) is 5.09. The molecule has 1 heterocycles. The Balaban J connectivity index is 2.07. The third-order valence-electron chi connectivity index (χ3n) is 3.75. The summed E-state index contributed by atoms with van der Waals surface area (Å²) in [5.41, 5.74) is 0. The summed E-state index contributed by atoms with van der Waals surface area (Å²) in [7, 11) is -3.62. The maximum absolute atomic E-state index is 12.2. The van der Waals surface area contributed by atoms with Gasteiger partial charge in [-0.15, -0.1) is 11.3 Å². The van der Waals surface area contributed by atoms with Crippen LogP contribution in [-0.2, 0) is 10.0 Å². The lowest BCUT2D eigenvalue weighted by Crippen LogP contribution is -2.38. The number of carboxylic acids is 1. The quantitative estimate of drug-likeness (QED) is 0.874. The molecule has 0 spiro atoms. The first-order chi connectivity index (χ1) is 9.40. The summed E-state index contributed by atoms with van der Waals surface area (Å²) < 4.78 is 27.2. The smallest absolute Gasteiger partial charge is 0.345 e. The highest BCUT2D eigenvalue weighted by Crippen LogP contribution is 2.28. The third-order valence-corrected chi connectivity index (χ3v) is 6.88. The number of aromatic carboxylic acids is 1. The zero-order chi connectivity index (χ0) is 14.8. The lowest BCUT2D eigenvalue weighted by atomic mass is 9.85. The molecule has 0 unspecified atom stereocenters. The van der Waals surface area contributed by atoms with Gasteiger partial charge in [-0.25, -0.2) is 17.9 Å². The van der Waals surface area contributed by atoms with Gasteiger partial charge in [0.15, 0.2) is 0 Å². The molecule has 1 aromatic heterocycles. The summed E-state index contributed by atoms with van der Waals surface area (Å²) in [5.74, 6) is -0.728. The van der Waals surface area contributed by atoms with Gasteiger partial charge < -0.3 is 5.11 Å². The van der Waals surface area contributed by atoms with E-state index in [4.69, 9.17) is 5.11 Å². The summed E-state index contributed by atoms with van der Waals surface area (Å²) >= 11 is 0.787. The van der Waals surface area contributed by atoms with E-state index in [0.29, 0.717) is 5.92 Å². The molecule has 2 N–H and O–H groups in total. The molecule has 1 fully saturated rings. The second-order valence-corrected chi connectivity index (χ2v) is 8.26. The maximum Gasteiger partial charge on any atom is 0.345 e. The molecule has 0 amide bonds. The van der Waals surface area contributed by atoms with E-state index in [0.717, 1.165) is 37.0 Å². The Morgan fingerprint density at radius 1 is 1.35 bits per heavy atom. The zero-order valence-electron chi connectivity index (χ0n) is 11.3. The van der Waals surface area contributed by atoms with Gasteiger partial charge in [-0.1, -0.05) is 19.3 Å². The molecule has 1 aromatic rings. The number of nitrogens with one attached hydrogen (secondary N) is 1. The molecular weight excluding hydrogens is 298 g/mol. The standard InChI is InChI=1S/C13H19NO4S2/c1-9(10-5-3-2-4-6-10)14-20(17,18)12-8-7-11(19-12)13(15)16/h7-10,14H,2-6H2,1H3,(H,15,16)/t9-/m1/s1. The summed E-state index contributed by atoms with van der Waals surface area (Å²) in [6.45, 7) is 1.89. The maximum atomic E-state index is 12.2. The normalized spacial score (nSPS) is 18.9. The molecule has 0 aromatic carbocycles. The van der Waals surface area contributed by atoms with Crippen LogP contribution < -0.4 is 4.72 Å². The minimum absolute atomic E-state index is 0.0377. The second kappa shape index (κ2) is 6.24. The monoisotopic (exact) mass is 317 g/mol. The van der Waals surface area contributed by atoms with Crippen molar-refractivity contribution in [2.45, 2.75) is 49.3 Å². The van der Waals surface area contributed by atoms with Gasteiger partial charge in [-0.2, -0.15) is 0 Å². The van der Waals surface area contributed by atoms with Crippen molar-refractivity contribution < 1.29 is 18.3 Å². The molecule has 0 bridgehead atoms. The van der Waals surface area contributed by atoms with Crippen LogP contribution in [0.1, 0.15) is 48.7 Å². The number of thiophene rings is 1. The van der Waals surface area contributed by atoms with Gasteiger partial charge in [0.1, 0.15) is 9.09 Å². The van der Waals surface area contributed by atoms with Gasteiger partial charge in [0.25, 0.3) is 0 Å². The second-order valence-electron chi connectivity index (χ2n) is 5.23. The van der Waals surface area contributed by atoms with Crippen molar-refractivity contribution in [3.63, 3.8) is 0 Å². The van der Waals surface area contributed by atoms with E-state index in [1.165, 1.54) is 18.6 Å². The van der Waals surface area contributed by atoms with Gasteiger partial charge in [-0.05, 0) is 37.8 Å². The van der Waals surface area contributed by atoms with Gasteiger partial charge in [0.2, 0.25) is 10.0 Å². The molecule has 20 heavy (non-hydrogen) atoms. The topological polar surface area (TPSA) is 83.5 Å². The van der Waals surface area contributed by atoms with Crippen molar-refractivity contribution in [3.8, 4) is 0 Å². The molecule has 1 atom stereocenters. The van der Waals surface area contributed by atoms with Gasteiger partial charge in [-0.3, -0.25) is 0 Å².